The van der Waals surface area contributed by atoms with Crippen molar-refractivity contribution in [3.63, 3.8) is 0 Å². The molecule has 3 heterocycles. The van der Waals surface area contributed by atoms with Gasteiger partial charge in [0, 0.05) is 44.1 Å². The largest absolute Gasteiger partial charge is 0.305 e. The fourth-order valence-corrected chi connectivity index (χ4v) is 5.87. The molecule has 0 saturated heterocycles. The minimum Gasteiger partial charge on any atom is -0.305 e. The second-order valence-corrected chi connectivity index (χ2v) is 14.6. The Hall–Kier alpha value is -4.76. The molecule has 3 aromatic heterocycles. The van der Waals surface area contributed by atoms with Gasteiger partial charge in [0.05, 0.1) is 5.52 Å². The molecule has 0 aliphatic rings. The first kappa shape index (κ1) is 36.5. The minimum atomic E-state index is 0. The van der Waals surface area contributed by atoms with E-state index in [1.54, 1.807) is 0 Å². The van der Waals surface area contributed by atoms with Crippen molar-refractivity contribution in [3.8, 4) is 44.8 Å². The van der Waals surface area contributed by atoms with Crippen LogP contribution in [0.15, 0.2) is 134 Å². The van der Waals surface area contributed by atoms with Gasteiger partial charge in [0.25, 0.3) is 0 Å². The number of benzene rings is 4. The smallest absolute Gasteiger partial charge is 0.0770 e. The average Bonchev–Trinajstić information content (AvgIpc) is 3.11. The maximum Gasteiger partial charge on any atom is 0.0770 e. The number of nitrogens with zero attached hydrogens (tertiary/aromatic N) is 3. The van der Waals surface area contributed by atoms with E-state index in [1.807, 2.05) is 61.1 Å². The first-order chi connectivity index (χ1) is 23.5. The third-order valence-corrected chi connectivity index (χ3v) is 8.72. The zero-order valence-electron chi connectivity index (χ0n) is 29.9. The van der Waals surface area contributed by atoms with Crippen LogP contribution in [-0.4, -0.2) is 15.0 Å². The molecule has 3 nitrogen and oxygen atoms in total. The number of hydrogen-bond donors (Lipinski definition) is 0. The molecule has 4 heteroatoms. The molecule has 0 aliphatic heterocycles. The summed E-state index contributed by atoms with van der Waals surface area (Å²) in [5.41, 5.74) is 13.6. The molecule has 7 aromatic rings. The molecule has 0 aliphatic carbocycles. The Morgan fingerprint density at radius 3 is 1.90 bits per heavy atom. The van der Waals surface area contributed by atoms with Crippen LogP contribution in [0.2, 0.25) is 0 Å². The molecule has 0 saturated carbocycles. The summed E-state index contributed by atoms with van der Waals surface area (Å²) in [4.78, 5) is 13.8. The van der Waals surface area contributed by atoms with Crippen LogP contribution in [0.4, 0.5) is 0 Å². The topological polar surface area (TPSA) is 38.7 Å². The molecule has 0 atom stereocenters. The summed E-state index contributed by atoms with van der Waals surface area (Å²) in [6.07, 6.45) is 5.60. The molecule has 7 rings (SSSR count). The van der Waals surface area contributed by atoms with Crippen LogP contribution in [0.25, 0.3) is 55.7 Å². The van der Waals surface area contributed by atoms with E-state index in [9.17, 15) is 0 Å². The standard InChI is InChI=1S/C34H33N2.C12H10N.Ir/c1-33(2,3)26-13-8-11-24(21-26)28-15-16-29(32-30(28)14-9-18-36-32)23-10-7-12-25(20-23)31-22-27(17-19-35-31)34(4,5)6;1-10-7-8-13-12(9-10)11-5-3-2-4-6-11;/h7-11,13-22H,1-6H3;2-5,7-9H,1H3;/q2*-1;. The molecular formula is C46H43IrN3-2. The molecule has 1 radical (unpaired) electrons. The third kappa shape index (κ3) is 8.51. The minimum absolute atomic E-state index is 0. The van der Waals surface area contributed by atoms with E-state index < -0.39 is 0 Å². The van der Waals surface area contributed by atoms with Gasteiger partial charge in [-0.15, -0.1) is 65.7 Å². The third-order valence-electron chi connectivity index (χ3n) is 8.72. The number of hydrogen-bond acceptors (Lipinski definition) is 3. The van der Waals surface area contributed by atoms with Crippen LogP contribution in [0.5, 0.6) is 0 Å². The van der Waals surface area contributed by atoms with Crippen molar-refractivity contribution < 1.29 is 20.1 Å². The quantitative estimate of drug-likeness (QED) is 0.166. The van der Waals surface area contributed by atoms with E-state index in [0.717, 1.165) is 44.5 Å². The fourth-order valence-electron chi connectivity index (χ4n) is 5.87. The second kappa shape index (κ2) is 15.4. The summed E-state index contributed by atoms with van der Waals surface area (Å²) >= 11 is 0. The van der Waals surface area contributed by atoms with Crippen molar-refractivity contribution >= 4 is 10.9 Å². The molecule has 0 unspecified atom stereocenters. The van der Waals surface area contributed by atoms with E-state index in [2.05, 4.69) is 143 Å². The van der Waals surface area contributed by atoms with Crippen molar-refractivity contribution in [1.29, 1.82) is 0 Å². The van der Waals surface area contributed by atoms with E-state index in [0.29, 0.717) is 0 Å². The maximum absolute atomic E-state index is 4.84. The monoisotopic (exact) mass is 830 g/mol. The van der Waals surface area contributed by atoms with Crippen molar-refractivity contribution in [2.24, 2.45) is 0 Å². The zero-order valence-corrected chi connectivity index (χ0v) is 32.3. The van der Waals surface area contributed by atoms with Crippen LogP contribution < -0.4 is 0 Å². The van der Waals surface area contributed by atoms with Crippen LogP contribution in [0.3, 0.4) is 0 Å². The summed E-state index contributed by atoms with van der Waals surface area (Å²) in [6.45, 7) is 15.5. The van der Waals surface area contributed by atoms with E-state index >= 15 is 0 Å². The Labute approximate surface area is 311 Å². The Morgan fingerprint density at radius 1 is 0.500 bits per heavy atom. The maximum atomic E-state index is 4.84. The van der Waals surface area contributed by atoms with Gasteiger partial charge in [-0.25, -0.2) is 0 Å². The van der Waals surface area contributed by atoms with Gasteiger partial charge in [-0.05, 0) is 75.2 Å². The summed E-state index contributed by atoms with van der Waals surface area (Å²) in [5, 5.41) is 1.16. The Kier molecular flexibility index (Phi) is 11.3. The van der Waals surface area contributed by atoms with E-state index in [1.165, 1.54) is 27.8 Å². The summed E-state index contributed by atoms with van der Waals surface area (Å²) in [5.74, 6) is 0. The first-order valence-corrected chi connectivity index (χ1v) is 16.8. The average molecular weight is 830 g/mol. The number of rotatable bonds is 4. The number of pyridine rings is 3. The molecule has 0 amide bonds. The van der Waals surface area contributed by atoms with Gasteiger partial charge < -0.3 is 9.97 Å². The van der Waals surface area contributed by atoms with Crippen molar-refractivity contribution in [1.82, 2.24) is 15.0 Å². The molecule has 253 valence electrons. The van der Waals surface area contributed by atoms with Gasteiger partial charge in [-0.3, -0.25) is 4.98 Å². The summed E-state index contributed by atoms with van der Waals surface area (Å²) in [7, 11) is 0. The predicted octanol–water partition coefficient (Wildman–Crippen LogP) is 11.9. The van der Waals surface area contributed by atoms with Crippen molar-refractivity contribution in [3.05, 3.63) is 163 Å². The predicted molar refractivity (Wildman–Crippen MR) is 205 cm³/mol. The molecule has 50 heavy (non-hydrogen) atoms. The fraction of sp³-hybridized carbons (Fsp3) is 0.196. The van der Waals surface area contributed by atoms with Gasteiger partial charge in [-0.2, -0.15) is 0 Å². The van der Waals surface area contributed by atoms with Gasteiger partial charge in [0.1, 0.15) is 0 Å². The van der Waals surface area contributed by atoms with Gasteiger partial charge in [-0.1, -0.05) is 107 Å². The van der Waals surface area contributed by atoms with Crippen LogP contribution >= 0.6 is 0 Å². The molecular weight excluding hydrogens is 787 g/mol. The molecule has 0 N–H and O–H groups in total. The van der Waals surface area contributed by atoms with Crippen LogP contribution in [0, 0.1) is 19.1 Å². The zero-order chi connectivity index (χ0) is 34.6. The summed E-state index contributed by atoms with van der Waals surface area (Å²) < 4.78 is 0. The van der Waals surface area contributed by atoms with E-state index in [4.69, 9.17) is 4.98 Å². The molecule has 0 bridgehead atoms. The molecule has 0 fully saturated rings. The molecule has 0 spiro atoms. The first-order valence-electron chi connectivity index (χ1n) is 16.8. The Balaban J connectivity index is 0.000000291. The number of fused-ring (bicyclic) bond motifs is 1. The number of aryl methyl sites for hydroxylation is 1. The summed E-state index contributed by atoms with van der Waals surface area (Å²) in [6, 6.07) is 46.5. The Morgan fingerprint density at radius 2 is 1.18 bits per heavy atom. The van der Waals surface area contributed by atoms with Gasteiger partial charge in [0.2, 0.25) is 0 Å². The van der Waals surface area contributed by atoms with E-state index in [-0.39, 0.29) is 30.9 Å². The van der Waals surface area contributed by atoms with Gasteiger partial charge >= 0.3 is 0 Å². The second-order valence-electron chi connectivity index (χ2n) is 14.6. The van der Waals surface area contributed by atoms with Crippen LogP contribution in [-0.2, 0) is 30.9 Å². The van der Waals surface area contributed by atoms with Gasteiger partial charge in [0.15, 0.2) is 0 Å². The van der Waals surface area contributed by atoms with Crippen LogP contribution in [0.1, 0.15) is 58.2 Å². The van der Waals surface area contributed by atoms with Crippen molar-refractivity contribution in [2.75, 3.05) is 0 Å². The number of aromatic nitrogens is 3. The molecule has 4 aromatic carbocycles. The van der Waals surface area contributed by atoms with Crippen molar-refractivity contribution in [2.45, 2.75) is 59.3 Å². The Bertz CT molecular complexity index is 2210. The normalized spacial score (nSPS) is 11.3. The SMILES string of the molecule is CC(C)(C)c1cccc(-c2ccc(-c3cc[c-]c(-c4cc(C(C)(C)C)ccn4)c3)c3ncccc23)c1.Cc1ccnc(-c2[c-]cccc2)c1.[Ir].